The Balaban J connectivity index is 0.000000704. The smallest absolute Gasteiger partial charge is 0.860 e. The SMILES string of the molecule is CCN(CC)c1ccccc1.[O-]B(O)Oc1cc(C(F)(F)F)cc(C(F)(F)F)c1.[O-]B([O-])Oc1cc(C(F)(F)F)cc(C(F)(F)F)c1.[Ru+3]. The van der Waals surface area contributed by atoms with Gasteiger partial charge in [0, 0.05) is 18.8 Å². The molecule has 0 amide bonds. The van der Waals surface area contributed by atoms with Crippen molar-refractivity contribution in [1.29, 1.82) is 0 Å². The summed E-state index contributed by atoms with van der Waals surface area (Å²) in [4.78, 5) is 2.33. The molecule has 0 aliphatic carbocycles. The first-order valence-corrected chi connectivity index (χ1v) is 12.8. The molecule has 0 saturated carbocycles. The molecule has 0 bridgehead atoms. The molecule has 0 aliphatic rings. The number of para-hydroxylation sites is 1. The van der Waals surface area contributed by atoms with Crippen LogP contribution >= 0.6 is 0 Å². The van der Waals surface area contributed by atoms with E-state index in [1.165, 1.54) is 5.69 Å². The molecule has 3 aromatic carbocycles. The average molecular weight is 795 g/mol. The third kappa shape index (κ3) is 15.8. The number of hydrogen-bond acceptors (Lipinski definition) is 7. The topological polar surface area (TPSA) is 111 Å². The van der Waals surface area contributed by atoms with Crippen molar-refractivity contribution in [2.24, 2.45) is 0 Å². The van der Waals surface area contributed by atoms with Crippen LogP contribution in [0, 0.1) is 0 Å². The van der Waals surface area contributed by atoms with Gasteiger partial charge in [-0.3, -0.25) is 0 Å². The molecule has 0 spiro atoms. The quantitative estimate of drug-likeness (QED) is 0.271. The van der Waals surface area contributed by atoms with Gasteiger partial charge in [-0.2, -0.15) is 52.7 Å². The zero-order valence-electron chi connectivity index (χ0n) is 24.2. The normalized spacial score (nSPS) is 11.5. The van der Waals surface area contributed by atoms with E-state index in [2.05, 4.69) is 52.3 Å². The van der Waals surface area contributed by atoms with Crippen molar-refractivity contribution < 1.29 is 102 Å². The van der Waals surface area contributed by atoms with E-state index in [1.807, 2.05) is 6.07 Å². The van der Waals surface area contributed by atoms with E-state index in [9.17, 15) is 67.8 Å². The summed E-state index contributed by atoms with van der Waals surface area (Å²) in [5.41, 5.74) is -5.26. The van der Waals surface area contributed by atoms with Gasteiger partial charge in [-0.25, -0.2) is 0 Å². The molecule has 0 fully saturated rings. The third-order valence-corrected chi connectivity index (χ3v) is 5.48. The predicted molar refractivity (Wildman–Crippen MR) is 138 cm³/mol. The van der Waals surface area contributed by atoms with Crippen LogP contribution in [-0.4, -0.2) is 32.8 Å². The van der Waals surface area contributed by atoms with E-state index in [0.717, 1.165) is 13.1 Å². The number of anilines is 1. The summed E-state index contributed by atoms with van der Waals surface area (Å²) in [7, 11) is -5.79. The minimum atomic E-state index is -5.05. The number of alkyl halides is 12. The summed E-state index contributed by atoms with van der Waals surface area (Å²) in [5.74, 6) is -2.09. The molecule has 48 heavy (non-hydrogen) atoms. The Bertz CT molecular complexity index is 1240. The zero-order valence-corrected chi connectivity index (χ0v) is 26.0. The fourth-order valence-corrected chi connectivity index (χ4v) is 3.44. The summed E-state index contributed by atoms with van der Waals surface area (Å²) in [5, 5.41) is 38.6. The molecular formula is C26H22B2F12NO6Ru. The fraction of sp³-hybridized carbons (Fsp3) is 0.308. The van der Waals surface area contributed by atoms with Gasteiger partial charge in [-0.1, -0.05) is 18.2 Å². The largest absolute Gasteiger partial charge is 3.00 e. The summed E-state index contributed by atoms with van der Waals surface area (Å²) >= 11 is 0. The van der Waals surface area contributed by atoms with Crippen LogP contribution in [0.25, 0.3) is 0 Å². The maximum atomic E-state index is 12.3. The van der Waals surface area contributed by atoms with Crippen molar-refractivity contribution in [3.05, 3.63) is 89.0 Å². The number of halogens is 12. The molecule has 0 atom stereocenters. The first kappa shape index (κ1) is 44.8. The Morgan fingerprint density at radius 3 is 1.15 bits per heavy atom. The van der Waals surface area contributed by atoms with Gasteiger partial charge in [0.1, 0.15) is 13.1 Å². The van der Waals surface area contributed by atoms with Crippen LogP contribution in [0.2, 0.25) is 0 Å². The minimum Gasteiger partial charge on any atom is -0.860 e. The molecule has 1 radical (unpaired) electrons. The third-order valence-electron chi connectivity index (χ3n) is 5.48. The Kier molecular flexibility index (Phi) is 17.3. The number of hydrogen-bond donors (Lipinski definition) is 1. The van der Waals surface area contributed by atoms with Crippen LogP contribution in [0.15, 0.2) is 66.7 Å². The van der Waals surface area contributed by atoms with Crippen LogP contribution in [0.3, 0.4) is 0 Å². The Morgan fingerprint density at radius 2 is 0.896 bits per heavy atom. The van der Waals surface area contributed by atoms with E-state index in [4.69, 9.17) is 5.02 Å². The van der Waals surface area contributed by atoms with Gasteiger partial charge in [0.25, 0.3) is 0 Å². The minimum absolute atomic E-state index is 0. The zero-order chi connectivity index (χ0) is 36.4. The molecule has 0 aromatic heterocycles. The van der Waals surface area contributed by atoms with Crippen molar-refractivity contribution in [3.8, 4) is 11.5 Å². The van der Waals surface area contributed by atoms with Gasteiger partial charge in [-0.05, 0) is 62.4 Å². The van der Waals surface area contributed by atoms with E-state index in [0.29, 0.717) is 0 Å². The molecule has 3 aromatic rings. The van der Waals surface area contributed by atoms with Crippen molar-refractivity contribution in [2.75, 3.05) is 18.0 Å². The Morgan fingerprint density at radius 1 is 0.583 bits per heavy atom. The fourth-order valence-electron chi connectivity index (χ4n) is 3.44. The first-order chi connectivity index (χ1) is 21.4. The van der Waals surface area contributed by atoms with Crippen LogP contribution in [0.5, 0.6) is 11.5 Å². The van der Waals surface area contributed by atoms with Gasteiger partial charge < -0.3 is 34.3 Å². The van der Waals surface area contributed by atoms with E-state index in [-0.39, 0.29) is 55.9 Å². The van der Waals surface area contributed by atoms with Crippen molar-refractivity contribution in [1.82, 2.24) is 0 Å². The molecule has 22 heteroatoms. The molecule has 265 valence electrons. The first-order valence-electron chi connectivity index (χ1n) is 12.8. The number of rotatable bonds is 7. The second-order valence-electron chi connectivity index (χ2n) is 8.82. The average Bonchev–Trinajstić information content (AvgIpc) is 2.92. The van der Waals surface area contributed by atoms with E-state index in [1.54, 1.807) is 0 Å². The predicted octanol–water partition coefficient (Wildman–Crippen LogP) is 4.78. The second-order valence-corrected chi connectivity index (χ2v) is 8.82. The van der Waals surface area contributed by atoms with Crippen LogP contribution in [0.1, 0.15) is 36.1 Å². The van der Waals surface area contributed by atoms with Crippen LogP contribution < -0.4 is 29.3 Å². The molecule has 0 aliphatic heterocycles. The molecule has 1 N–H and O–H groups in total. The standard InChI is InChI=1S/C10H15N.C8H4BF6O3.C8H3BF6O3.Ru/c1-3-11(4-2)10-8-6-5-7-9-10;2*10-7(11,12)4-1-5(8(13,14)15)3-6(2-4)18-9(16)17;/h5-9H,3-4H2,1-2H3;1-3,16H;1-3H;/q;-1;-2;+3. The van der Waals surface area contributed by atoms with Crippen LogP contribution in [-0.2, 0) is 44.2 Å². The number of benzene rings is 3. The molecule has 0 heterocycles. The molecular weight excluding hydrogens is 773 g/mol. The maximum absolute atomic E-state index is 12.3. The summed E-state index contributed by atoms with van der Waals surface area (Å²) in [6.45, 7) is 6.52. The van der Waals surface area contributed by atoms with Gasteiger partial charge in [0.2, 0.25) is 0 Å². The molecule has 7 nitrogen and oxygen atoms in total. The van der Waals surface area contributed by atoms with Crippen molar-refractivity contribution >= 4 is 20.3 Å². The molecule has 3 rings (SSSR count). The summed E-state index contributed by atoms with van der Waals surface area (Å²) in [6.07, 6.45) is -20.2. The van der Waals surface area contributed by atoms with Crippen LogP contribution in [0.4, 0.5) is 58.4 Å². The molecule has 0 unspecified atom stereocenters. The Hall–Kier alpha value is -3.19. The van der Waals surface area contributed by atoms with Gasteiger partial charge in [0.05, 0.1) is 28.0 Å². The van der Waals surface area contributed by atoms with Gasteiger partial charge >= 0.3 is 51.5 Å². The van der Waals surface area contributed by atoms with E-state index < -0.39 is 73.1 Å². The second kappa shape index (κ2) is 18.5. The summed E-state index contributed by atoms with van der Waals surface area (Å²) in [6, 6.07) is 10.9. The summed E-state index contributed by atoms with van der Waals surface area (Å²) < 4.78 is 155. The van der Waals surface area contributed by atoms with E-state index >= 15 is 0 Å². The molecule has 0 saturated heterocycles. The number of nitrogens with zero attached hydrogens (tertiary/aromatic N) is 1. The van der Waals surface area contributed by atoms with Crippen molar-refractivity contribution in [2.45, 2.75) is 38.6 Å². The maximum Gasteiger partial charge on any atom is 3.00 e. The van der Waals surface area contributed by atoms with Crippen molar-refractivity contribution in [3.63, 3.8) is 0 Å². The van der Waals surface area contributed by atoms with Gasteiger partial charge in [-0.15, -0.1) is 0 Å². The monoisotopic (exact) mass is 796 g/mol. The van der Waals surface area contributed by atoms with Gasteiger partial charge in [0.15, 0.2) is 0 Å². The Labute approximate surface area is 278 Å².